The zero-order valence-corrected chi connectivity index (χ0v) is 8.21. The number of aromatic nitrogens is 2. The molecule has 2 rings (SSSR count). The van der Waals surface area contributed by atoms with Crippen molar-refractivity contribution in [3.05, 3.63) is 44.6 Å². The molecule has 0 aliphatic carbocycles. The summed E-state index contributed by atoms with van der Waals surface area (Å²) in [7, 11) is 0. The van der Waals surface area contributed by atoms with Gasteiger partial charge in [0.1, 0.15) is 12.4 Å². The molecule has 0 spiro atoms. The van der Waals surface area contributed by atoms with Crippen molar-refractivity contribution >= 4 is 0 Å². The number of hydrogen-bond donors (Lipinski definition) is 3. The second-order valence-electron chi connectivity index (χ2n) is 3.32. The maximum absolute atomic E-state index is 11.4. The summed E-state index contributed by atoms with van der Waals surface area (Å²) in [6.07, 6.45) is 0.632. The molecule has 0 amide bonds. The van der Waals surface area contributed by atoms with Crippen molar-refractivity contribution in [1.82, 2.24) is 9.55 Å². The minimum Gasteiger partial charge on any atom is -0.508 e. The zero-order chi connectivity index (χ0) is 11.7. The molecular weight excluding hydrogens is 216 g/mol. The van der Waals surface area contributed by atoms with E-state index in [0.717, 1.165) is 4.57 Å². The van der Waals surface area contributed by atoms with E-state index in [1.807, 2.05) is 0 Å². The minimum atomic E-state index is -0.730. The fraction of sp³-hybridized carbons (Fsp3) is 0.333. The number of aromatic amines is 1. The Hall–Kier alpha value is -2.02. The maximum Gasteiger partial charge on any atom is 0.331 e. The quantitative estimate of drug-likeness (QED) is 0.613. The van der Waals surface area contributed by atoms with E-state index in [4.69, 9.17) is 9.84 Å². The van der Waals surface area contributed by atoms with Crippen LogP contribution in [0, 0.1) is 0 Å². The highest BCUT2D eigenvalue weighted by molar-refractivity contribution is 5.07. The number of H-pyrrole nitrogens is 1. The molecule has 0 radical (unpaired) electrons. The molecule has 0 bridgehead atoms. The number of aliphatic hydroxyl groups is 2. The predicted octanol–water partition coefficient (Wildman–Crippen LogP) is -0.783. The van der Waals surface area contributed by atoms with E-state index >= 15 is 0 Å². The summed E-state index contributed by atoms with van der Waals surface area (Å²) in [4.78, 5) is 24.3. The molecule has 1 aliphatic rings. The molecule has 0 unspecified atom stereocenters. The van der Waals surface area contributed by atoms with Gasteiger partial charge in [-0.05, 0) is 0 Å². The van der Waals surface area contributed by atoms with Crippen molar-refractivity contribution in [1.29, 1.82) is 0 Å². The van der Waals surface area contributed by atoms with Crippen LogP contribution in [0.25, 0.3) is 0 Å². The molecule has 2 heterocycles. The Morgan fingerprint density at radius 2 is 2.31 bits per heavy atom. The van der Waals surface area contributed by atoms with Crippen LogP contribution < -0.4 is 11.2 Å². The van der Waals surface area contributed by atoms with Crippen LogP contribution in [0.3, 0.4) is 0 Å². The van der Waals surface area contributed by atoms with Crippen LogP contribution in [0.5, 0.6) is 0 Å². The largest absolute Gasteiger partial charge is 0.508 e. The third kappa shape index (κ3) is 1.72. The Balaban J connectivity index is 2.30. The van der Waals surface area contributed by atoms with Gasteiger partial charge >= 0.3 is 5.69 Å². The fourth-order valence-electron chi connectivity index (χ4n) is 1.49. The van der Waals surface area contributed by atoms with Gasteiger partial charge < -0.3 is 14.9 Å². The van der Waals surface area contributed by atoms with Crippen molar-refractivity contribution in [2.24, 2.45) is 0 Å². The average molecular weight is 226 g/mol. The van der Waals surface area contributed by atoms with Gasteiger partial charge in [-0.2, -0.15) is 0 Å². The summed E-state index contributed by atoms with van der Waals surface area (Å²) < 4.78 is 6.29. The van der Waals surface area contributed by atoms with Crippen LogP contribution in [0.4, 0.5) is 0 Å². The molecule has 7 nitrogen and oxygen atoms in total. The van der Waals surface area contributed by atoms with Crippen LogP contribution in [0.15, 0.2) is 33.4 Å². The van der Waals surface area contributed by atoms with Crippen LogP contribution >= 0.6 is 0 Å². The second-order valence-corrected chi connectivity index (χ2v) is 3.32. The normalized spacial score (nSPS) is 19.9. The van der Waals surface area contributed by atoms with Gasteiger partial charge in [0.05, 0.1) is 6.42 Å². The van der Waals surface area contributed by atoms with E-state index in [2.05, 4.69) is 4.98 Å². The number of aliphatic hydroxyl groups excluding tert-OH is 2. The molecule has 1 aromatic heterocycles. The Kier molecular flexibility index (Phi) is 2.53. The molecule has 1 atom stereocenters. The molecule has 0 fully saturated rings. The summed E-state index contributed by atoms with van der Waals surface area (Å²) >= 11 is 0. The van der Waals surface area contributed by atoms with Gasteiger partial charge in [-0.3, -0.25) is 14.3 Å². The van der Waals surface area contributed by atoms with Gasteiger partial charge in [0, 0.05) is 12.3 Å². The second kappa shape index (κ2) is 3.86. The summed E-state index contributed by atoms with van der Waals surface area (Å²) in [5.74, 6) is -0.0475. The van der Waals surface area contributed by atoms with Crippen molar-refractivity contribution in [3.63, 3.8) is 0 Å². The molecule has 1 aliphatic heterocycles. The van der Waals surface area contributed by atoms with Crippen molar-refractivity contribution in [2.75, 3.05) is 6.61 Å². The predicted molar refractivity (Wildman–Crippen MR) is 52.8 cm³/mol. The molecule has 0 saturated carbocycles. The Bertz CT molecular complexity index is 541. The highest BCUT2D eigenvalue weighted by Gasteiger charge is 2.26. The lowest BCUT2D eigenvalue weighted by Gasteiger charge is -2.13. The fourth-order valence-corrected chi connectivity index (χ4v) is 1.49. The monoisotopic (exact) mass is 226 g/mol. The SMILES string of the molecule is O=c1ccn([C@H]2CC(O)=C(CO)O2)c(=O)[nH]1. The van der Waals surface area contributed by atoms with E-state index < -0.39 is 24.1 Å². The van der Waals surface area contributed by atoms with Crippen LogP contribution in [-0.2, 0) is 4.74 Å². The number of nitrogens with zero attached hydrogens (tertiary/aromatic N) is 1. The van der Waals surface area contributed by atoms with E-state index in [9.17, 15) is 14.7 Å². The number of ether oxygens (including phenoxy) is 1. The van der Waals surface area contributed by atoms with E-state index in [-0.39, 0.29) is 17.9 Å². The lowest BCUT2D eigenvalue weighted by Crippen LogP contribution is -2.31. The zero-order valence-electron chi connectivity index (χ0n) is 8.21. The maximum atomic E-state index is 11.4. The summed E-state index contributed by atoms with van der Waals surface area (Å²) in [5, 5.41) is 18.2. The molecular formula is C9H10N2O5. The Labute approximate surface area is 89.2 Å². The summed E-state index contributed by atoms with van der Waals surface area (Å²) in [6.45, 7) is -0.430. The molecule has 3 N–H and O–H groups in total. The van der Waals surface area contributed by atoms with Crippen LogP contribution in [0.2, 0.25) is 0 Å². The summed E-state index contributed by atoms with van der Waals surface area (Å²) in [5.41, 5.74) is -1.12. The van der Waals surface area contributed by atoms with Crippen molar-refractivity contribution in [3.8, 4) is 0 Å². The first-order valence-corrected chi connectivity index (χ1v) is 4.62. The number of nitrogens with one attached hydrogen (secondary N) is 1. The highest BCUT2D eigenvalue weighted by atomic mass is 16.5. The van der Waals surface area contributed by atoms with Crippen molar-refractivity contribution < 1.29 is 14.9 Å². The lowest BCUT2D eigenvalue weighted by molar-refractivity contribution is 0.0591. The van der Waals surface area contributed by atoms with E-state index in [1.54, 1.807) is 0 Å². The van der Waals surface area contributed by atoms with Crippen LogP contribution in [-0.4, -0.2) is 26.4 Å². The number of rotatable bonds is 2. The lowest BCUT2D eigenvalue weighted by atomic mass is 10.3. The third-order valence-electron chi connectivity index (χ3n) is 2.27. The van der Waals surface area contributed by atoms with Gasteiger partial charge in [-0.25, -0.2) is 4.79 Å². The molecule has 0 saturated heterocycles. The molecule has 1 aromatic rings. The average Bonchev–Trinajstić information content (AvgIpc) is 2.59. The first kappa shape index (κ1) is 10.5. The van der Waals surface area contributed by atoms with E-state index in [0.29, 0.717) is 0 Å². The summed E-state index contributed by atoms with van der Waals surface area (Å²) in [6, 6.07) is 1.18. The molecule has 16 heavy (non-hydrogen) atoms. The minimum absolute atomic E-state index is 0.0445. The van der Waals surface area contributed by atoms with E-state index in [1.165, 1.54) is 12.3 Å². The van der Waals surface area contributed by atoms with Crippen LogP contribution in [0.1, 0.15) is 12.6 Å². The van der Waals surface area contributed by atoms with Gasteiger partial charge in [0.2, 0.25) is 0 Å². The number of hydrogen-bond acceptors (Lipinski definition) is 5. The first-order valence-electron chi connectivity index (χ1n) is 4.62. The first-order chi connectivity index (χ1) is 7.61. The highest BCUT2D eigenvalue weighted by Crippen LogP contribution is 2.28. The van der Waals surface area contributed by atoms with Crippen molar-refractivity contribution in [2.45, 2.75) is 12.6 Å². The van der Waals surface area contributed by atoms with Gasteiger partial charge in [-0.15, -0.1) is 0 Å². The topological polar surface area (TPSA) is 105 Å². The molecule has 0 aromatic carbocycles. The molecule has 7 heteroatoms. The third-order valence-corrected chi connectivity index (χ3v) is 2.27. The smallest absolute Gasteiger partial charge is 0.331 e. The van der Waals surface area contributed by atoms with Gasteiger partial charge in [0.25, 0.3) is 5.56 Å². The van der Waals surface area contributed by atoms with Gasteiger partial charge in [-0.1, -0.05) is 0 Å². The Morgan fingerprint density at radius 1 is 1.56 bits per heavy atom. The molecule has 86 valence electrons. The van der Waals surface area contributed by atoms with Gasteiger partial charge in [0.15, 0.2) is 12.0 Å². The Morgan fingerprint density at radius 3 is 2.88 bits per heavy atom. The standard InChI is InChI=1S/C9H10N2O5/c12-4-6-5(13)3-8(16-6)11-2-1-7(14)10-9(11)15/h1-2,8,12-13H,3-4H2,(H,10,14,15)/t8-/m1/s1.